The van der Waals surface area contributed by atoms with Crippen LogP contribution in [0.4, 0.5) is 0 Å². The van der Waals surface area contributed by atoms with Crippen molar-refractivity contribution in [3.8, 4) is 0 Å². The molecule has 3 N–H and O–H groups in total. The summed E-state index contributed by atoms with van der Waals surface area (Å²) in [5.74, 6) is 0.666. The van der Waals surface area contributed by atoms with Crippen molar-refractivity contribution >= 4 is 29.2 Å². The van der Waals surface area contributed by atoms with Crippen molar-refractivity contribution in [3.05, 3.63) is 34.3 Å². The van der Waals surface area contributed by atoms with Crippen LogP contribution < -0.4 is 5.73 Å². The molecule has 0 fully saturated rings. The number of rotatable bonds is 4. The lowest BCUT2D eigenvalue weighted by Gasteiger charge is -2.05. The molecule has 0 spiro atoms. The molecule has 1 heterocycles. The predicted molar refractivity (Wildman–Crippen MR) is 70.8 cm³/mol. The summed E-state index contributed by atoms with van der Waals surface area (Å²) in [7, 11) is 1.78. The van der Waals surface area contributed by atoms with E-state index >= 15 is 0 Å². The molecule has 0 radical (unpaired) electrons. The van der Waals surface area contributed by atoms with Crippen LogP contribution in [0.3, 0.4) is 0 Å². The van der Waals surface area contributed by atoms with Crippen LogP contribution in [0.1, 0.15) is 11.1 Å². The van der Waals surface area contributed by atoms with E-state index < -0.39 is 0 Å². The third kappa shape index (κ3) is 2.80. The first kappa shape index (κ1) is 12.8. The van der Waals surface area contributed by atoms with Crippen LogP contribution in [0.5, 0.6) is 0 Å². The zero-order chi connectivity index (χ0) is 13.1. The minimum Gasteiger partial charge on any atom is -0.384 e. The molecule has 0 amide bonds. The molecule has 94 valence electrons. The number of amidine groups is 1. The van der Waals surface area contributed by atoms with Crippen molar-refractivity contribution in [2.45, 2.75) is 10.9 Å². The number of halogens is 1. The van der Waals surface area contributed by atoms with Gasteiger partial charge in [0.05, 0.1) is 0 Å². The Balaban J connectivity index is 2.11. The number of thioether (sulfide) groups is 1. The van der Waals surface area contributed by atoms with E-state index in [0.717, 1.165) is 10.7 Å². The molecular weight excluding hydrogens is 272 g/mol. The van der Waals surface area contributed by atoms with Crippen LogP contribution in [-0.2, 0) is 12.8 Å². The number of nitrogens with two attached hydrogens (primary N) is 1. The summed E-state index contributed by atoms with van der Waals surface area (Å²) in [4.78, 5) is 0. The predicted octanol–water partition coefficient (Wildman–Crippen LogP) is 1.44. The van der Waals surface area contributed by atoms with Crippen LogP contribution >= 0.6 is 23.4 Å². The first-order valence-electron chi connectivity index (χ1n) is 5.06. The molecule has 0 unspecified atom stereocenters. The summed E-state index contributed by atoms with van der Waals surface area (Å²) in [6.07, 6.45) is 0. The Morgan fingerprint density at radius 3 is 2.89 bits per heavy atom. The first-order chi connectivity index (χ1) is 8.58. The largest absolute Gasteiger partial charge is 0.384 e. The maximum absolute atomic E-state index is 7.33. The quantitative estimate of drug-likeness (QED) is 0.503. The molecule has 0 aliphatic rings. The Kier molecular flexibility index (Phi) is 3.83. The van der Waals surface area contributed by atoms with Crippen molar-refractivity contribution in [3.63, 3.8) is 0 Å². The second kappa shape index (κ2) is 5.36. The van der Waals surface area contributed by atoms with Gasteiger partial charge in [0.2, 0.25) is 5.16 Å². The maximum Gasteiger partial charge on any atom is 0.209 e. The van der Waals surface area contributed by atoms with Gasteiger partial charge in [-0.2, -0.15) is 0 Å². The highest BCUT2D eigenvalue weighted by Crippen LogP contribution is 2.25. The van der Waals surface area contributed by atoms with Gasteiger partial charge in [0.25, 0.3) is 0 Å². The lowest BCUT2D eigenvalue weighted by atomic mass is 10.1. The number of hydrogen-bond acceptors (Lipinski definition) is 5. The number of nitrogen functional groups attached to an aromatic ring is 1. The summed E-state index contributed by atoms with van der Waals surface area (Å²) in [5, 5.41) is 19.8. The van der Waals surface area contributed by atoms with Gasteiger partial charge in [-0.15, -0.1) is 5.10 Å². The monoisotopic (exact) mass is 282 g/mol. The highest BCUT2D eigenvalue weighted by atomic mass is 35.5. The molecule has 0 atom stereocenters. The molecule has 0 saturated carbocycles. The van der Waals surface area contributed by atoms with Crippen LogP contribution in [0, 0.1) is 5.41 Å². The van der Waals surface area contributed by atoms with Crippen molar-refractivity contribution in [1.82, 2.24) is 20.2 Å². The van der Waals surface area contributed by atoms with Crippen molar-refractivity contribution in [2.75, 3.05) is 0 Å². The third-order valence-electron chi connectivity index (χ3n) is 2.30. The van der Waals surface area contributed by atoms with E-state index in [1.165, 1.54) is 11.8 Å². The van der Waals surface area contributed by atoms with Crippen molar-refractivity contribution in [1.29, 1.82) is 5.41 Å². The summed E-state index contributed by atoms with van der Waals surface area (Å²) in [6.45, 7) is 0. The topological polar surface area (TPSA) is 93.5 Å². The molecule has 8 heteroatoms. The van der Waals surface area contributed by atoms with Gasteiger partial charge in [-0.3, -0.25) is 5.41 Å². The average molecular weight is 283 g/mol. The Morgan fingerprint density at radius 2 is 2.33 bits per heavy atom. The molecule has 18 heavy (non-hydrogen) atoms. The minimum atomic E-state index is 0.00797. The van der Waals surface area contributed by atoms with Gasteiger partial charge in [-0.1, -0.05) is 35.5 Å². The molecule has 1 aromatic heterocycles. The van der Waals surface area contributed by atoms with Gasteiger partial charge in [-0.05, 0) is 22.1 Å². The van der Waals surface area contributed by atoms with E-state index in [0.29, 0.717) is 16.3 Å². The average Bonchev–Trinajstić information content (AvgIpc) is 2.73. The zero-order valence-electron chi connectivity index (χ0n) is 9.59. The molecule has 2 rings (SSSR count). The smallest absolute Gasteiger partial charge is 0.209 e. The Bertz CT molecular complexity index is 581. The number of aromatic nitrogens is 4. The van der Waals surface area contributed by atoms with Crippen LogP contribution in [0.15, 0.2) is 23.4 Å². The lowest BCUT2D eigenvalue weighted by Crippen LogP contribution is -2.10. The summed E-state index contributed by atoms with van der Waals surface area (Å²) in [6, 6.07) is 5.32. The second-order valence-corrected chi connectivity index (χ2v) is 4.94. The number of nitrogens with zero attached hydrogens (tertiary/aromatic N) is 4. The van der Waals surface area contributed by atoms with Crippen molar-refractivity contribution in [2.24, 2.45) is 12.8 Å². The summed E-state index contributed by atoms with van der Waals surface area (Å²) in [5.41, 5.74) is 6.97. The highest BCUT2D eigenvalue weighted by molar-refractivity contribution is 7.98. The number of benzene rings is 1. The van der Waals surface area contributed by atoms with Crippen molar-refractivity contribution < 1.29 is 0 Å². The van der Waals surface area contributed by atoms with E-state index in [4.69, 9.17) is 22.7 Å². The molecule has 6 nitrogen and oxygen atoms in total. The summed E-state index contributed by atoms with van der Waals surface area (Å²) >= 11 is 7.62. The maximum atomic E-state index is 7.33. The molecular formula is C10H11ClN6S. The van der Waals surface area contributed by atoms with Gasteiger partial charge in [0.1, 0.15) is 5.84 Å². The minimum absolute atomic E-state index is 0.00797. The number of nitrogens with one attached hydrogen (secondary N) is 1. The second-order valence-electron chi connectivity index (χ2n) is 3.59. The van der Waals surface area contributed by atoms with Crippen LogP contribution in [-0.4, -0.2) is 26.0 Å². The molecule has 0 saturated heterocycles. The SMILES string of the molecule is Cn1nnnc1SCc1ccc(C(=N)N)cc1Cl. The fourth-order valence-electron chi connectivity index (χ4n) is 1.32. The first-order valence-corrected chi connectivity index (χ1v) is 6.42. The fourth-order valence-corrected chi connectivity index (χ4v) is 2.50. The van der Waals surface area contributed by atoms with E-state index in [1.807, 2.05) is 6.07 Å². The standard InChI is InChI=1S/C10H11ClN6S/c1-17-10(14-15-16-17)18-5-7-3-2-6(9(12)13)4-8(7)11/h2-4H,5H2,1H3,(H3,12,13). The van der Waals surface area contributed by atoms with Gasteiger partial charge in [0, 0.05) is 23.4 Å². The normalized spacial score (nSPS) is 10.6. The number of hydrogen-bond donors (Lipinski definition) is 2. The molecule has 2 aromatic rings. The molecule has 0 bridgehead atoms. The summed E-state index contributed by atoms with van der Waals surface area (Å²) < 4.78 is 1.60. The Labute approximate surface area is 113 Å². The third-order valence-corrected chi connectivity index (χ3v) is 3.71. The van der Waals surface area contributed by atoms with E-state index in [1.54, 1.807) is 23.9 Å². The van der Waals surface area contributed by atoms with E-state index in [2.05, 4.69) is 15.5 Å². The van der Waals surface area contributed by atoms with E-state index in [-0.39, 0.29) is 5.84 Å². The highest BCUT2D eigenvalue weighted by Gasteiger charge is 2.07. The van der Waals surface area contributed by atoms with Gasteiger partial charge in [0.15, 0.2) is 0 Å². The number of tetrazole rings is 1. The number of aryl methyl sites for hydroxylation is 1. The zero-order valence-corrected chi connectivity index (χ0v) is 11.2. The Morgan fingerprint density at radius 1 is 1.56 bits per heavy atom. The fraction of sp³-hybridized carbons (Fsp3) is 0.200. The molecule has 0 aliphatic heterocycles. The van der Waals surface area contributed by atoms with Crippen LogP contribution in [0.2, 0.25) is 5.02 Å². The van der Waals surface area contributed by atoms with Gasteiger partial charge in [-0.25, -0.2) is 4.68 Å². The Hall–Kier alpha value is -1.60. The van der Waals surface area contributed by atoms with Gasteiger partial charge < -0.3 is 5.73 Å². The van der Waals surface area contributed by atoms with Crippen LogP contribution in [0.25, 0.3) is 0 Å². The van der Waals surface area contributed by atoms with E-state index in [9.17, 15) is 0 Å². The molecule has 1 aromatic carbocycles. The van der Waals surface area contributed by atoms with Gasteiger partial charge >= 0.3 is 0 Å². The lowest BCUT2D eigenvalue weighted by molar-refractivity contribution is 0.664. The molecule has 0 aliphatic carbocycles.